The van der Waals surface area contributed by atoms with E-state index in [2.05, 4.69) is 37.7 Å². The molecule has 2 fully saturated rings. The van der Waals surface area contributed by atoms with Crippen LogP contribution in [0.15, 0.2) is 0 Å². The van der Waals surface area contributed by atoms with Crippen LogP contribution in [0, 0.1) is 5.41 Å². The zero-order valence-electron chi connectivity index (χ0n) is 13.3. The van der Waals surface area contributed by atoms with Crippen molar-refractivity contribution in [2.45, 2.75) is 58.2 Å². The fourth-order valence-electron chi connectivity index (χ4n) is 4.07. The lowest BCUT2D eigenvalue weighted by Gasteiger charge is -2.48. The Labute approximate surface area is 119 Å². The standard InChI is InChI=1S/C16H32N2O/c1-14-12-16(13-15(2)19-14)6-10-18(11-7-16)9-5-8-17(3)4/h14-15H,5-13H2,1-4H3/t14-,15-/m1/s1. The zero-order chi connectivity index (χ0) is 13.9. The van der Waals surface area contributed by atoms with Crippen molar-refractivity contribution in [2.75, 3.05) is 40.3 Å². The van der Waals surface area contributed by atoms with Crippen LogP contribution in [0.1, 0.15) is 46.0 Å². The van der Waals surface area contributed by atoms with Gasteiger partial charge in [0.2, 0.25) is 0 Å². The molecule has 3 heteroatoms. The smallest absolute Gasteiger partial charge is 0.0556 e. The highest BCUT2D eigenvalue weighted by Gasteiger charge is 2.40. The van der Waals surface area contributed by atoms with Crippen molar-refractivity contribution >= 4 is 0 Å². The second kappa shape index (κ2) is 6.55. The maximum Gasteiger partial charge on any atom is 0.0556 e. The Kier molecular flexibility index (Phi) is 5.27. The fraction of sp³-hybridized carbons (Fsp3) is 1.00. The number of nitrogens with zero attached hydrogens (tertiary/aromatic N) is 2. The van der Waals surface area contributed by atoms with Gasteiger partial charge in [0.1, 0.15) is 0 Å². The highest BCUT2D eigenvalue weighted by atomic mass is 16.5. The van der Waals surface area contributed by atoms with Crippen molar-refractivity contribution in [2.24, 2.45) is 5.41 Å². The fourth-order valence-corrected chi connectivity index (χ4v) is 4.07. The van der Waals surface area contributed by atoms with E-state index in [0.29, 0.717) is 17.6 Å². The van der Waals surface area contributed by atoms with E-state index in [1.54, 1.807) is 0 Å². The van der Waals surface area contributed by atoms with Crippen LogP contribution < -0.4 is 0 Å². The second-order valence-corrected chi connectivity index (χ2v) is 7.16. The van der Waals surface area contributed by atoms with Gasteiger partial charge in [-0.3, -0.25) is 0 Å². The Morgan fingerprint density at radius 1 is 1.11 bits per heavy atom. The molecule has 0 aromatic carbocycles. The molecule has 1 spiro atoms. The van der Waals surface area contributed by atoms with Gasteiger partial charge in [-0.1, -0.05) is 0 Å². The zero-order valence-corrected chi connectivity index (χ0v) is 13.3. The molecule has 112 valence electrons. The summed E-state index contributed by atoms with van der Waals surface area (Å²) in [5.41, 5.74) is 0.592. The van der Waals surface area contributed by atoms with E-state index in [0.717, 1.165) is 0 Å². The number of rotatable bonds is 4. The predicted molar refractivity (Wildman–Crippen MR) is 80.5 cm³/mol. The summed E-state index contributed by atoms with van der Waals surface area (Å²) in [7, 11) is 4.33. The molecular formula is C16H32N2O. The number of likely N-dealkylation sites (tertiary alicyclic amines) is 1. The molecule has 2 atom stereocenters. The highest BCUT2D eigenvalue weighted by Crippen LogP contribution is 2.44. The van der Waals surface area contributed by atoms with Crippen molar-refractivity contribution in [1.29, 1.82) is 0 Å². The average Bonchev–Trinajstić information content (AvgIpc) is 2.30. The van der Waals surface area contributed by atoms with Crippen LogP contribution >= 0.6 is 0 Å². The van der Waals surface area contributed by atoms with E-state index in [-0.39, 0.29) is 0 Å². The van der Waals surface area contributed by atoms with Crippen LogP contribution in [0.3, 0.4) is 0 Å². The first-order chi connectivity index (χ1) is 8.99. The molecule has 2 aliphatic rings. The summed E-state index contributed by atoms with van der Waals surface area (Å²) in [6.45, 7) is 9.58. The first kappa shape index (κ1) is 15.3. The lowest BCUT2D eigenvalue weighted by molar-refractivity contribution is -0.104. The number of piperidine rings is 1. The van der Waals surface area contributed by atoms with Gasteiger partial charge in [0.15, 0.2) is 0 Å². The van der Waals surface area contributed by atoms with Gasteiger partial charge in [-0.05, 0) is 91.6 Å². The second-order valence-electron chi connectivity index (χ2n) is 7.16. The Hall–Kier alpha value is -0.120. The molecular weight excluding hydrogens is 236 g/mol. The normalized spacial score (nSPS) is 32.1. The maximum atomic E-state index is 5.91. The van der Waals surface area contributed by atoms with Crippen LogP contribution in [0.2, 0.25) is 0 Å². The molecule has 0 N–H and O–H groups in total. The van der Waals surface area contributed by atoms with Gasteiger partial charge in [0, 0.05) is 0 Å². The van der Waals surface area contributed by atoms with Gasteiger partial charge < -0.3 is 14.5 Å². The minimum absolute atomic E-state index is 0.462. The summed E-state index contributed by atoms with van der Waals surface area (Å²) in [5.74, 6) is 0. The third-order valence-electron chi connectivity index (χ3n) is 4.90. The first-order valence-corrected chi connectivity index (χ1v) is 8.02. The molecule has 0 radical (unpaired) electrons. The highest BCUT2D eigenvalue weighted by molar-refractivity contribution is 4.91. The van der Waals surface area contributed by atoms with E-state index in [4.69, 9.17) is 4.74 Å². The summed E-state index contributed by atoms with van der Waals surface area (Å²) in [6.07, 6.45) is 7.55. The largest absolute Gasteiger partial charge is 0.376 e. The van der Waals surface area contributed by atoms with Gasteiger partial charge in [-0.15, -0.1) is 0 Å². The number of ether oxygens (including phenoxy) is 1. The van der Waals surface area contributed by atoms with E-state index in [1.807, 2.05) is 0 Å². The first-order valence-electron chi connectivity index (χ1n) is 8.02. The molecule has 2 saturated heterocycles. The molecule has 3 nitrogen and oxygen atoms in total. The minimum Gasteiger partial charge on any atom is -0.376 e. The summed E-state index contributed by atoms with van der Waals surface area (Å²) in [6, 6.07) is 0. The Bertz CT molecular complexity index is 260. The van der Waals surface area contributed by atoms with E-state index >= 15 is 0 Å². The molecule has 0 aromatic rings. The third-order valence-corrected chi connectivity index (χ3v) is 4.90. The SMILES string of the molecule is C[C@@H]1CC2(CCN(CCCN(C)C)CC2)C[C@@H](C)O1. The summed E-state index contributed by atoms with van der Waals surface area (Å²) in [4.78, 5) is 4.95. The molecule has 19 heavy (non-hydrogen) atoms. The monoisotopic (exact) mass is 268 g/mol. The number of hydrogen-bond donors (Lipinski definition) is 0. The molecule has 2 heterocycles. The van der Waals surface area contributed by atoms with Gasteiger partial charge in [-0.2, -0.15) is 0 Å². The molecule has 2 rings (SSSR count). The Balaban J connectivity index is 1.75. The Morgan fingerprint density at radius 3 is 2.21 bits per heavy atom. The maximum absolute atomic E-state index is 5.91. The van der Waals surface area contributed by atoms with Crippen molar-refractivity contribution < 1.29 is 4.74 Å². The predicted octanol–water partition coefficient (Wildman–Crippen LogP) is 2.61. The molecule has 0 bridgehead atoms. The molecule has 2 aliphatic heterocycles. The molecule has 0 saturated carbocycles. The van der Waals surface area contributed by atoms with Crippen LogP contribution in [-0.2, 0) is 4.74 Å². The van der Waals surface area contributed by atoms with Crippen molar-refractivity contribution in [3.63, 3.8) is 0 Å². The molecule has 0 unspecified atom stereocenters. The van der Waals surface area contributed by atoms with Gasteiger partial charge >= 0.3 is 0 Å². The third kappa shape index (κ3) is 4.44. The van der Waals surface area contributed by atoms with Gasteiger partial charge in [0.25, 0.3) is 0 Å². The van der Waals surface area contributed by atoms with Crippen molar-refractivity contribution in [3.8, 4) is 0 Å². The van der Waals surface area contributed by atoms with E-state index in [9.17, 15) is 0 Å². The number of hydrogen-bond acceptors (Lipinski definition) is 3. The van der Waals surface area contributed by atoms with Crippen LogP contribution in [0.4, 0.5) is 0 Å². The van der Waals surface area contributed by atoms with Gasteiger partial charge in [0.05, 0.1) is 12.2 Å². The Morgan fingerprint density at radius 2 is 1.68 bits per heavy atom. The molecule has 0 aliphatic carbocycles. The quantitative estimate of drug-likeness (QED) is 0.779. The molecule has 0 amide bonds. The topological polar surface area (TPSA) is 15.7 Å². The van der Waals surface area contributed by atoms with Crippen LogP contribution in [0.25, 0.3) is 0 Å². The summed E-state index contributed by atoms with van der Waals surface area (Å²) in [5, 5.41) is 0. The van der Waals surface area contributed by atoms with Gasteiger partial charge in [-0.25, -0.2) is 0 Å². The lowest BCUT2D eigenvalue weighted by Crippen LogP contribution is -2.46. The van der Waals surface area contributed by atoms with Crippen LogP contribution in [-0.4, -0.2) is 62.3 Å². The molecule has 0 aromatic heterocycles. The van der Waals surface area contributed by atoms with Crippen LogP contribution in [0.5, 0.6) is 0 Å². The summed E-state index contributed by atoms with van der Waals surface area (Å²) >= 11 is 0. The van der Waals surface area contributed by atoms with Crippen molar-refractivity contribution in [1.82, 2.24) is 9.80 Å². The lowest BCUT2D eigenvalue weighted by atomic mass is 9.69. The summed E-state index contributed by atoms with van der Waals surface area (Å²) < 4.78 is 5.91. The minimum atomic E-state index is 0.462. The van der Waals surface area contributed by atoms with E-state index in [1.165, 1.54) is 58.3 Å². The van der Waals surface area contributed by atoms with Crippen molar-refractivity contribution in [3.05, 3.63) is 0 Å². The van der Waals surface area contributed by atoms with E-state index < -0.39 is 0 Å². The average molecular weight is 268 g/mol.